The Hall–Kier alpha value is -2.70. The summed E-state index contributed by atoms with van der Waals surface area (Å²) >= 11 is 0. The lowest BCUT2D eigenvalue weighted by Crippen LogP contribution is -2.29. The summed E-state index contributed by atoms with van der Waals surface area (Å²) in [5.74, 6) is -0.616. The number of non-ortho nitro benzene ring substituents is 1. The fraction of sp³-hybridized carbons (Fsp3) is 0.333. The number of esters is 1. The van der Waals surface area contributed by atoms with Gasteiger partial charge in [-0.3, -0.25) is 19.9 Å². The number of fused-ring (bicyclic) bond motifs is 1. The number of nitrogens with zero attached hydrogens (tertiary/aromatic N) is 3. The van der Waals surface area contributed by atoms with Crippen LogP contribution >= 0.6 is 0 Å². The lowest BCUT2D eigenvalue weighted by atomic mass is 10.1. The molecule has 2 aromatic rings. The number of carbonyl (C=O) groups is 1. The van der Waals surface area contributed by atoms with Gasteiger partial charge in [0.15, 0.2) is 0 Å². The maximum absolute atomic E-state index is 11.5. The zero-order valence-corrected chi connectivity index (χ0v) is 12.6. The summed E-state index contributed by atoms with van der Waals surface area (Å²) in [6, 6.07) is 6.44. The molecule has 1 heterocycles. The Morgan fingerprint density at radius 1 is 1.45 bits per heavy atom. The van der Waals surface area contributed by atoms with Crippen molar-refractivity contribution in [1.82, 2.24) is 4.98 Å². The van der Waals surface area contributed by atoms with Gasteiger partial charge in [0.05, 0.1) is 29.0 Å². The standard InChI is InChI=1S/C15H17N3O4/c1-10(15(19)22-3)9-17(2)13-7-6-12(18(20)21)11-5-4-8-16-14(11)13/h4-8,10H,9H2,1-3H3. The molecule has 0 N–H and O–H groups in total. The summed E-state index contributed by atoms with van der Waals surface area (Å²) in [6.45, 7) is 2.19. The minimum Gasteiger partial charge on any atom is -0.469 e. The number of hydrogen-bond acceptors (Lipinski definition) is 6. The predicted octanol–water partition coefficient (Wildman–Crippen LogP) is 2.39. The molecule has 0 spiro atoms. The van der Waals surface area contributed by atoms with E-state index in [1.165, 1.54) is 13.2 Å². The van der Waals surface area contributed by atoms with Crippen molar-refractivity contribution >= 4 is 28.2 Å². The molecule has 1 unspecified atom stereocenters. The minimum atomic E-state index is -0.426. The fourth-order valence-electron chi connectivity index (χ4n) is 2.39. The maximum atomic E-state index is 11.5. The molecule has 0 amide bonds. The van der Waals surface area contributed by atoms with Crippen molar-refractivity contribution in [3.63, 3.8) is 0 Å². The monoisotopic (exact) mass is 303 g/mol. The Morgan fingerprint density at radius 3 is 2.82 bits per heavy atom. The normalized spacial score (nSPS) is 12.0. The SMILES string of the molecule is COC(=O)C(C)CN(C)c1ccc([N+](=O)[O-])c2cccnc12. The molecule has 0 radical (unpaired) electrons. The van der Waals surface area contributed by atoms with Crippen LogP contribution in [0.3, 0.4) is 0 Å². The number of nitro groups is 1. The van der Waals surface area contributed by atoms with Gasteiger partial charge >= 0.3 is 5.97 Å². The van der Waals surface area contributed by atoms with Gasteiger partial charge in [0.2, 0.25) is 0 Å². The fourth-order valence-corrected chi connectivity index (χ4v) is 2.39. The Bertz CT molecular complexity index is 717. The first-order valence-corrected chi connectivity index (χ1v) is 6.76. The number of nitro benzene ring substituents is 1. The quantitative estimate of drug-likeness (QED) is 0.479. The molecule has 1 aromatic heterocycles. The summed E-state index contributed by atoms with van der Waals surface area (Å²) in [5, 5.41) is 11.6. The third-order valence-electron chi connectivity index (χ3n) is 3.48. The first kappa shape index (κ1) is 15.7. The van der Waals surface area contributed by atoms with Crippen LogP contribution in [0.1, 0.15) is 6.92 Å². The number of methoxy groups -OCH3 is 1. The minimum absolute atomic E-state index is 0.0151. The van der Waals surface area contributed by atoms with Gasteiger partial charge in [-0.15, -0.1) is 0 Å². The zero-order chi connectivity index (χ0) is 16.3. The van der Waals surface area contributed by atoms with E-state index in [2.05, 4.69) is 4.98 Å². The molecule has 1 atom stereocenters. The van der Waals surface area contributed by atoms with E-state index >= 15 is 0 Å². The third kappa shape index (κ3) is 2.98. The predicted molar refractivity (Wildman–Crippen MR) is 82.8 cm³/mol. The van der Waals surface area contributed by atoms with Gasteiger partial charge in [0.25, 0.3) is 5.69 Å². The Kier molecular flexibility index (Phi) is 4.55. The van der Waals surface area contributed by atoms with Gasteiger partial charge in [-0.1, -0.05) is 6.92 Å². The molecule has 0 aliphatic heterocycles. The molecule has 0 aliphatic carbocycles. The Labute approximate surface area is 127 Å². The van der Waals surface area contributed by atoms with Crippen molar-refractivity contribution in [2.24, 2.45) is 5.92 Å². The zero-order valence-electron chi connectivity index (χ0n) is 12.6. The van der Waals surface area contributed by atoms with Gasteiger partial charge in [-0.2, -0.15) is 0 Å². The molecule has 2 rings (SSSR count). The first-order valence-electron chi connectivity index (χ1n) is 6.76. The number of ether oxygens (including phenoxy) is 1. The Morgan fingerprint density at radius 2 is 2.18 bits per heavy atom. The van der Waals surface area contributed by atoms with E-state index in [-0.39, 0.29) is 17.6 Å². The largest absolute Gasteiger partial charge is 0.469 e. The molecule has 0 saturated carbocycles. The summed E-state index contributed by atoms with van der Waals surface area (Å²) < 4.78 is 4.72. The molecule has 0 saturated heterocycles. The summed E-state index contributed by atoms with van der Waals surface area (Å²) in [4.78, 5) is 28.3. The van der Waals surface area contributed by atoms with Crippen molar-refractivity contribution in [3.8, 4) is 0 Å². The van der Waals surface area contributed by atoms with Crippen molar-refractivity contribution in [1.29, 1.82) is 0 Å². The van der Waals surface area contributed by atoms with Crippen LogP contribution in [0.5, 0.6) is 0 Å². The average Bonchev–Trinajstić information content (AvgIpc) is 2.52. The van der Waals surface area contributed by atoms with E-state index in [9.17, 15) is 14.9 Å². The highest BCUT2D eigenvalue weighted by atomic mass is 16.6. The van der Waals surface area contributed by atoms with Crippen LogP contribution in [0.4, 0.5) is 11.4 Å². The van der Waals surface area contributed by atoms with Crippen LogP contribution in [-0.2, 0) is 9.53 Å². The molecular weight excluding hydrogens is 286 g/mol. The first-order chi connectivity index (χ1) is 10.5. The molecule has 1 aromatic carbocycles. The van der Waals surface area contributed by atoms with E-state index in [4.69, 9.17) is 4.74 Å². The van der Waals surface area contributed by atoms with Crippen molar-refractivity contribution in [3.05, 3.63) is 40.6 Å². The van der Waals surface area contributed by atoms with E-state index in [0.717, 1.165) is 5.69 Å². The van der Waals surface area contributed by atoms with Crippen LogP contribution in [0.25, 0.3) is 10.9 Å². The molecule has 116 valence electrons. The number of rotatable bonds is 5. The smallest absolute Gasteiger partial charge is 0.310 e. The number of benzene rings is 1. The van der Waals surface area contributed by atoms with Gasteiger partial charge in [0.1, 0.15) is 5.52 Å². The second kappa shape index (κ2) is 6.38. The molecule has 22 heavy (non-hydrogen) atoms. The summed E-state index contributed by atoms with van der Waals surface area (Å²) in [5.41, 5.74) is 1.29. The van der Waals surface area contributed by atoms with Gasteiger partial charge < -0.3 is 9.64 Å². The van der Waals surface area contributed by atoms with Crippen molar-refractivity contribution in [2.45, 2.75) is 6.92 Å². The summed E-state index contributed by atoms with van der Waals surface area (Å²) in [6.07, 6.45) is 1.59. The Balaban J connectivity index is 2.42. The van der Waals surface area contributed by atoms with Crippen LogP contribution < -0.4 is 4.90 Å². The van der Waals surface area contributed by atoms with Crippen LogP contribution in [-0.4, -0.2) is 36.6 Å². The highest BCUT2D eigenvalue weighted by Crippen LogP contribution is 2.31. The lowest BCUT2D eigenvalue weighted by Gasteiger charge is -2.23. The van der Waals surface area contributed by atoms with E-state index < -0.39 is 4.92 Å². The molecule has 7 heteroatoms. The van der Waals surface area contributed by atoms with E-state index in [1.807, 2.05) is 11.9 Å². The molecular formula is C15H17N3O4. The number of pyridine rings is 1. The van der Waals surface area contributed by atoms with Gasteiger partial charge in [-0.05, 0) is 18.2 Å². The third-order valence-corrected chi connectivity index (χ3v) is 3.48. The highest BCUT2D eigenvalue weighted by molar-refractivity contribution is 5.97. The van der Waals surface area contributed by atoms with E-state index in [0.29, 0.717) is 17.4 Å². The highest BCUT2D eigenvalue weighted by Gasteiger charge is 2.20. The number of carbonyl (C=O) groups excluding carboxylic acids is 1. The van der Waals surface area contributed by atoms with Crippen LogP contribution in [0.15, 0.2) is 30.5 Å². The van der Waals surface area contributed by atoms with E-state index in [1.54, 1.807) is 31.3 Å². The molecule has 7 nitrogen and oxygen atoms in total. The maximum Gasteiger partial charge on any atom is 0.310 e. The number of aromatic nitrogens is 1. The van der Waals surface area contributed by atoms with Crippen LogP contribution in [0.2, 0.25) is 0 Å². The second-order valence-corrected chi connectivity index (χ2v) is 5.07. The molecule has 0 bridgehead atoms. The van der Waals surface area contributed by atoms with Crippen LogP contribution in [0, 0.1) is 16.0 Å². The van der Waals surface area contributed by atoms with Crippen molar-refractivity contribution in [2.75, 3.05) is 25.6 Å². The van der Waals surface area contributed by atoms with Gasteiger partial charge in [-0.25, -0.2) is 0 Å². The topological polar surface area (TPSA) is 85.6 Å². The summed E-state index contributed by atoms with van der Waals surface area (Å²) in [7, 11) is 3.16. The second-order valence-electron chi connectivity index (χ2n) is 5.07. The average molecular weight is 303 g/mol. The van der Waals surface area contributed by atoms with Gasteiger partial charge in [0, 0.05) is 25.9 Å². The lowest BCUT2D eigenvalue weighted by molar-refractivity contribution is -0.383. The molecule has 0 fully saturated rings. The molecule has 0 aliphatic rings. The number of anilines is 1. The number of hydrogen-bond donors (Lipinski definition) is 0. The van der Waals surface area contributed by atoms with Crippen molar-refractivity contribution < 1.29 is 14.5 Å².